The van der Waals surface area contributed by atoms with Crippen LogP contribution in [0.25, 0.3) is 0 Å². The number of hydrogen-bond donors (Lipinski definition) is 1. The Kier molecular flexibility index (Phi) is 4.52. The van der Waals surface area contributed by atoms with Crippen molar-refractivity contribution >= 4 is 5.97 Å². The molecule has 0 saturated heterocycles. The second-order valence-corrected chi connectivity index (χ2v) is 3.27. The van der Waals surface area contributed by atoms with Gasteiger partial charge in [0, 0.05) is 5.56 Å². The molecule has 19 heavy (non-hydrogen) atoms. The Labute approximate surface area is 103 Å². The van der Waals surface area contributed by atoms with Crippen LogP contribution in [0.1, 0.15) is 5.56 Å². The largest absolute Gasteiger partial charge is 0.573 e. The normalized spacial score (nSPS) is 11.5. The van der Waals surface area contributed by atoms with E-state index in [1.54, 1.807) is 0 Å². The zero-order valence-electron chi connectivity index (χ0n) is 9.08. The van der Waals surface area contributed by atoms with E-state index < -0.39 is 36.9 Å². The minimum absolute atomic E-state index is 0.352. The molecular weight excluding hydrogens is 279 g/mol. The Hall–Kier alpha value is -2.06. The number of carboxylic acid groups (broad SMARTS) is 1. The summed E-state index contributed by atoms with van der Waals surface area (Å²) >= 11 is 0. The first-order chi connectivity index (χ1) is 8.67. The van der Waals surface area contributed by atoms with Gasteiger partial charge in [-0.1, -0.05) is 0 Å². The van der Waals surface area contributed by atoms with Gasteiger partial charge in [0.15, 0.2) is 0 Å². The number of carboxylic acids is 1. The minimum atomic E-state index is -4.97. The molecule has 0 bridgehead atoms. The molecule has 0 unspecified atom stereocenters. The summed E-state index contributed by atoms with van der Waals surface area (Å²) < 4.78 is 67.5. The van der Waals surface area contributed by atoms with Gasteiger partial charge in [-0.3, -0.25) is 4.79 Å². The van der Waals surface area contributed by atoms with Gasteiger partial charge >= 0.3 is 18.9 Å². The molecule has 1 aromatic rings. The molecule has 4 nitrogen and oxygen atoms in total. The lowest BCUT2D eigenvalue weighted by Gasteiger charge is -2.13. The van der Waals surface area contributed by atoms with Crippen LogP contribution >= 0.6 is 0 Å². The van der Waals surface area contributed by atoms with Crippen molar-refractivity contribution in [1.82, 2.24) is 0 Å². The third-order valence-electron chi connectivity index (χ3n) is 1.82. The highest BCUT2D eigenvalue weighted by atomic mass is 19.4. The minimum Gasteiger partial charge on any atom is -0.481 e. The molecule has 106 valence electrons. The first-order valence-corrected chi connectivity index (χ1v) is 4.72. The monoisotopic (exact) mass is 286 g/mol. The van der Waals surface area contributed by atoms with Crippen LogP contribution in [0.5, 0.6) is 11.5 Å². The fourth-order valence-corrected chi connectivity index (χ4v) is 1.26. The highest BCUT2D eigenvalue weighted by Crippen LogP contribution is 2.29. The van der Waals surface area contributed by atoms with Gasteiger partial charge in [-0.15, -0.1) is 13.2 Å². The molecule has 0 radical (unpaired) electrons. The molecule has 0 saturated carbocycles. The van der Waals surface area contributed by atoms with E-state index in [1.807, 2.05) is 0 Å². The van der Waals surface area contributed by atoms with Crippen LogP contribution in [0.2, 0.25) is 0 Å². The SMILES string of the molecule is O=C(O)Cc1cc(OC(F)(F)F)ccc1OC(F)F. The molecule has 1 rings (SSSR count). The van der Waals surface area contributed by atoms with Crippen LogP contribution in [0, 0.1) is 0 Å². The number of alkyl halides is 5. The number of halogens is 5. The van der Waals surface area contributed by atoms with Crippen molar-refractivity contribution in [1.29, 1.82) is 0 Å². The number of carbonyl (C=O) groups is 1. The van der Waals surface area contributed by atoms with Crippen molar-refractivity contribution in [3.05, 3.63) is 23.8 Å². The molecule has 0 aliphatic heterocycles. The van der Waals surface area contributed by atoms with E-state index in [-0.39, 0.29) is 5.56 Å². The molecule has 0 fully saturated rings. The second kappa shape index (κ2) is 5.72. The van der Waals surface area contributed by atoms with E-state index in [0.29, 0.717) is 6.07 Å². The van der Waals surface area contributed by atoms with Crippen molar-refractivity contribution in [2.75, 3.05) is 0 Å². The van der Waals surface area contributed by atoms with Crippen LogP contribution in [0.15, 0.2) is 18.2 Å². The average Bonchev–Trinajstić information content (AvgIpc) is 2.18. The quantitative estimate of drug-likeness (QED) is 0.846. The van der Waals surface area contributed by atoms with Crippen molar-refractivity contribution in [2.24, 2.45) is 0 Å². The maximum Gasteiger partial charge on any atom is 0.573 e. The van der Waals surface area contributed by atoms with Gasteiger partial charge in [0.25, 0.3) is 0 Å². The topological polar surface area (TPSA) is 55.8 Å². The summed E-state index contributed by atoms with van der Waals surface area (Å²) in [5.41, 5.74) is -0.352. The maximum atomic E-state index is 12.0. The summed E-state index contributed by atoms with van der Waals surface area (Å²) in [5.74, 6) is -2.65. The van der Waals surface area contributed by atoms with E-state index in [4.69, 9.17) is 5.11 Å². The number of ether oxygens (including phenoxy) is 2. The van der Waals surface area contributed by atoms with Gasteiger partial charge in [-0.25, -0.2) is 0 Å². The van der Waals surface area contributed by atoms with Crippen molar-refractivity contribution in [2.45, 2.75) is 19.4 Å². The molecule has 0 aliphatic rings. The predicted molar refractivity (Wildman–Crippen MR) is 51.1 cm³/mol. The highest BCUT2D eigenvalue weighted by Gasteiger charge is 2.31. The van der Waals surface area contributed by atoms with Gasteiger partial charge < -0.3 is 14.6 Å². The first-order valence-electron chi connectivity index (χ1n) is 4.72. The van der Waals surface area contributed by atoms with Gasteiger partial charge in [0.05, 0.1) is 6.42 Å². The second-order valence-electron chi connectivity index (χ2n) is 3.27. The van der Waals surface area contributed by atoms with Crippen LogP contribution in [-0.4, -0.2) is 24.0 Å². The molecule has 0 aliphatic carbocycles. The Morgan fingerprint density at radius 3 is 2.42 bits per heavy atom. The Balaban J connectivity index is 3.03. The summed E-state index contributed by atoms with van der Waals surface area (Å²) in [4.78, 5) is 10.5. The van der Waals surface area contributed by atoms with Crippen molar-refractivity contribution in [3.63, 3.8) is 0 Å². The first kappa shape index (κ1) is 15.0. The number of rotatable bonds is 5. The number of benzene rings is 1. The van der Waals surface area contributed by atoms with Gasteiger partial charge in [-0.2, -0.15) is 8.78 Å². The Morgan fingerprint density at radius 2 is 1.95 bits per heavy atom. The fraction of sp³-hybridized carbons (Fsp3) is 0.300. The molecular formula is C10H7F5O4. The molecule has 0 atom stereocenters. The zero-order chi connectivity index (χ0) is 14.6. The number of aliphatic carboxylic acids is 1. The Morgan fingerprint density at radius 1 is 1.32 bits per heavy atom. The molecule has 0 spiro atoms. The lowest BCUT2D eigenvalue weighted by atomic mass is 10.1. The van der Waals surface area contributed by atoms with Gasteiger partial charge in [0.1, 0.15) is 11.5 Å². The summed E-state index contributed by atoms with van der Waals surface area (Å²) in [6.45, 7) is -3.22. The van der Waals surface area contributed by atoms with E-state index in [1.165, 1.54) is 0 Å². The van der Waals surface area contributed by atoms with Crippen molar-refractivity contribution in [3.8, 4) is 11.5 Å². The molecule has 9 heteroatoms. The highest BCUT2D eigenvalue weighted by molar-refractivity contribution is 5.71. The zero-order valence-corrected chi connectivity index (χ0v) is 9.08. The van der Waals surface area contributed by atoms with E-state index in [0.717, 1.165) is 12.1 Å². The standard InChI is InChI=1S/C10H7F5O4/c11-9(12)18-7-2-1-6(19-10(13,14)15)3-5(7)4-8(16)17/h1-3,9H,4H2,(H,16,17). The van der Waals surface area contributed by atoms with E-state index in [2.05, 4.69) is 9.47 Å². The molecule has 1 aromatic carbocycles. The summed E-state index contributed by atoms with van der Waals surface area (Å²) in [5, 5.41) is 8.54. The smallest absolute Gasteiger partial charge is 0.481 e. The third kappa shape index (κ3) is 5.40. The van der Waals surface area contributed by atoms with Gasteiger partial charge in [0.2, 0.25) is 0 Å². The molecule has 1 N–H and O–H groups in total. The maximum absolute atomic E-state index is 12.0. The van der Waals surface area contributed by atoms with Gasteiger partial charge in [-0.05, 0) is 18.2 Å². The summed E-state index contributed by atoms with van der Waals surface area (Å²) in [7, 11) is 0. The summed E-state index contributed by atoms with van der Waals surface area (Å²) in [6.07, 6.45) is -5.75. The van der Waals surface area contributed by atoms with Crippen molar-refractivity contribution < 1.29 is 41.3 Å². The fourth-order valence-electron chi connectivity index (χ4n) is 1.26. The molecule has 0 aromatic heterocycles. The van der Waals surface area contributed by atoms with Crippen LogP contribution in [0.4, 0.5) is 22.0 Å². The Bertz CT molecular complexity index is 458. The van der Waals surface area contributed by atoms with E-state index in [9.17, 15) is 26.7 Å². The number of hydrogen-bond acceptors (Lipinski definition) is 3. The van der Waals surface area contributed by atoms with E-state index >= 15 is 0 Å². The average molecular weight is 286 g/mol. The predicted octanol–water partition coefficient (Wildman–Crippen LogP) is 2.81. The molecule has 0 amide bonds. The molecule has 0 heterocycles. The van der Waals surface area contributed by atoms with Crippen LogP contribution < -0.4 is 9.47 Å². The lowest BCUT2D eigenvalue weighted by molar-refractivity contribution is -0.274. The van der Waals surface area contributed by atoms with Crippen LogP contribution in [0.3, 0.4) is 0 Å². The summed E-state index contributed by atoms with van der Waals surface area (Å²) in [6, 6.07) is 2.21. The van der Waals surface area contributed by atoms with Crippen LogP contribution in [-0.2, 0) is 11.2 Å². The lowest BCUT2D eigenvalue weighted by Crippen LogP contribution is -2.17. The third-order valence-corrected chi connectivity index (χ3v) is 1.82.